The van der Waals surface area contributed by atoms with Crippen LogP contribution in [-0.2, 0) is 4.79 Å². The van der Waals surface area contributed by atoms with Gasteiger partial charge in [0, 0.05) is 25.9 Å². The Bertz CT molecular complexity index is 713. The van der Waals surface area contributed by atoms with Crippen molar-refractivity contribution >= 4 is 28.7 Å². The molecule has 0 saturated carbocycles. The van der Waals surface area contributed by atoms with E-state index < -0.39 is 5.97 Å². The molecule has 0 aliphatic carbocycles. The van der Waals surface area contributed by atoms with Gasteiger partial charge in [0.05, 0.1) is 10.9 Å². The highest BCUT2D eigenvalue weighted by molar-refractivity contribution is 5.87. The first-order valence-electron chi connectivity index (χ1n) is 5.63. The average Bonchev–Trinajstić information content (AvgIpc) is 2.37. The van der Waals surface area contributed by atoms with Crippen LogP contribution in [0, 0.1) is 0 Å². The molecule has 5 nitrogen and oxygen atoms in total. The van der Waals surface area contributed by atoms with Gasteiger partial charge in [-0.3, -0.25) is 4.79 Å². The van der Waals surface area contributed by atoms with Crippen molar-refractivity contribution in [2.45, 2.75) is 0 Å². The zero-order valence-corrected chi connectivity index (χ0v) is 10.6. The molecule has 0 radical (unpaired) electrons. The third-order valence-corrected chi connectivity index (χ3v) is 2.70. The Morgan fingerprint density at radius 2 is 2.11 bits per heavy atom. The molecule has 0 unspecified atom stereocenters. The maximum atomic E-state index is 12.2. The molecular weight excluding hydrogens is 246 g/mol. The van der Waals surface area contributed by atoms with E-state index >= 15 is 0 Å². The molecule has 0 spiro atoms. The van der Waals surface area contributed by atoms with Crippen LogP contribution in [0.25, 0.3) is 17.0 Å². The summed E-state index contributed by atoms with van der Waals surface area (Å²) in [5.41, 5.74) is 1.32. The van der Waals surface area contributed by atoms with Crippen molar-refractivity contribution in [1.82, 2.24) is 0 Å². The second-order valence-electron chi connectivity index (χ2n) is 4.27. The second kappa shape index (κ2) is 4.97. The van der Waals surface area contributed by atoms with Crippen LogP contribution in [0.3, 0.4) is 0 Å². The van der Waals surface area contributed by atoms with Gasteiger partial charge in [-0.15, -0.1) is 0 Å². The molecule has 1 aromatic carbocycles. The fraction of sp³-hybridized carbons (Fsp3) is 0.143. The van der Waals surface area contributed by atoms with Crippen molar-refractivity contribution < 1.29 is 14.3 Å². The molecule has 0 aliphatic heterocycles. The quantitative estimate of drug-likeness (QED) is 0.853. The van der Waals surface area contributed by atoms with E-state index in [4.69, 9.17) is 9.52 Å². The van der Waals surface area contributed by atoms with E-state index in [2.05, 4.69) is 0 Å². The summed E-state index contributed by atoms with van der Waals surface area (Å²) in [4.78, 5) is 24.5. The maximum Gasteiger partial charge on any atom is 0.328 e. The number of fused-ring (bicyclic) bond motifs is 1. The first-order valence-corrected chi connectivity index (χ1v) is 5.63. The largest absolute Gasteiger partial charge is 0.478 e. The predicted octanol–water partition coefficient (Wildman–Crippen LogP) is 1.96. The van der Waals surface area contributed by atoms with Crippen LogP contribution < -0.4 is 10.3 Å². The van der Waals surface area contributed by atoms with E-state index in [1.165, 1.54) is 12.3 Å². The smallest absolute Gasteiger partial charge is 0.328 e. The van der Waals surface area contributed by atoms with Crippen molar-refractivity contribution in [3.8, 4) is 0 Å². The Morgan fingerprint density at radius 3 is 2.74 bits per heavy atom. The van der Waals surface area contributed by atoms with Gasteiger partial charge >= 0.3 is 5.97 Å². The third-order valence-electron chi connectivity index (χ3n) is 2.70. The summed E-state index contributed by atoms with van der Waals surface area (Å²) in [7, 11) is 3.74. The minimum Gasteiger partial charge on any atom is -0.478 e. The minimum absolute atomic E-state index is 0.214. The Kier molecular flexibility index (Phi) is 3.37. The lowest BCUT2D eigenvalue weighted by Crippen LogP contribution is -2.10. The molecule has 0 fully saturated rings. The Balaban J connectivity index is 2.62. The highest BCUT2D eigenvalue weighted by Crippen LogP contribution is 2.19. The lowest BCUT2D eigenvalue weighted by molar-refractivity contribution is -0.131. The standard InChI is InChI=1S/C14H13NO4/c1-15(2)10-4-5-12-11(7-10)14(18)9(8-19-12)3-6-13(16)17/h3-8H,1-2H3,(H,16,17). The van der Waals surface area contributed by atoms with Crippen LogP contribution in [0.15, 0.2) is 39.7 Å². The van der Waals surface area contributed by atoms with E-state index in [-0.39, 0.29) is 11.0 Å². The summed E-state index contributed by atoms with van der Waals surface area (Å²) in [6, 6.07) is 5.29. The van der Waals surface area contributed by atoms with Gasteiger partial charge in [0.1, 0.15) is 11.8 Å². The number of carboxylic acid groups (broad SMARTS) is 1. The average molecular weight is 259 g/mol. The number of hydrogen-bond acceptors (Lipinski definition) is 4. The maximum absolute atomic E-state index is 12.2. The second-order valence-corrected chi connectivity index (χ2v) is 4.27. The number of carbonyl (C=O) groups is 1. The van der Waals surface area contributed by atoms with Crippen molar-refractivity contribution in [1.29, 1.82) is 0 Å². The molecule has 1 heterocycles. The topological polar surface area (TPSA) is 70.8 Å². The van der Waals surface area contributed by atoms with Crippen LogP contribution in [0.5, 0.6) is 0 Å². The Labute approximate surface area is 109 Å². The molecular formula is C14H13NO4. The van der Waals surface area contributed by atoms with Gasteiger partial charge in [-0.2, -0.15) is 0 Å². The molecule has 19 heavy (non-hydrogen) atoms. The van der Waals surface area contributed by atoms with Crippen molar-refractivity contribution in [2.75, 3.05) is 19.0 Å². The molecule has 0 aliphatic rings. The number of anilines is 1. The summed E-state index contributed by atoms with van der Waals surface area (Å²) in [5.74, 6) is -1.11. The molecule has 1 aromatic heterocycles. The lowest BCUT2D eigenvalue weighted by atomic mass is 10.1. The van der Waals surface area contributed by atoms with Crippen LogP contribution >= 0.6 is 0 Å². The number of carboxylic acids is 1. The third kappa shape index (κ3) is 2.65. The van der Waals surface area contributed by atoms with Gasteiger partial charge in [-0.25, -0.2) is 4.79 Å². The van der Waals surface area contributed by atoms with Crippen LogP contribution in [0.4, 0.5) is 5.69 Å². The molecule has 0 atom stereocenters. The van der Waals surface area contributed by atoms with E-state index in [0.29, 0.717) is 11.0 Å². The molecule has 2 aromatic rings. The fourth-order valence-corrected chi connectivity index (χ4v) is 1.69. The normalized spacial score (nSPS) is 11.1. The van der Waals surface area contributed by atoms with E-state index in [9.17, 15) is 9.59 Å². The summed E-state index contributed by atoms with van der Waals surface area (Å²) < 4.78 is 5.33. The van der Waals surface area contributed by atoms with E-state index in [1.54, 1.807) is 12.1 Å². The molecule has 2 rings (SSSR count). The van der Waals surface area contributed by atoms with Gasteiger partial charge in [0.2, 0.25) is 0 Å². The summed E-state index contributed by atoms with van der Waals surface area (Å²) in [5, 5.41) is 9.00. The van der Waals surface area contributed by atoms with Gasteiger partial charge in [-0.05, 0) is 24.3 Å². The first kappa shape index (κ1) is 12.9. The van der Waals surface area contributed by atoms with Crippen molar-refractivity contribution in [3.05, 3.63) is 46.3 Å². The van der Waals surface area contributed by atoms with Crippen molar-refractivity contribution in [2.24, 2.45) is 0 Å². The highest BCUT2D eigenvalue weighted by Gasteiger charge is 2.07. The van der Waals surface area contributed by atoms with Gasteiger partial charge in [0.15, 0.2) is 5.43 Å². The first-order chi connectivity index (χ1) is 8.99. The summed E-state index contributed by atoms with van der Waals surface area (Å²) >= 11 is 0. The predicted molar refractivity (Wildman–Crippen MR) is 73.5 cm³/mol. The summed E-state index contributed by atoms with van der Waals surface area (Å²) in [6.45, 7) is 0. The highest BCUT2D eigenvalue weighted by atomic mass is 16.4. The Morgan fingerprint density at radius 1 is 1.37 bits per heavy atom. The number of benzene rings is 1. The number of hydrogen-bond donors (Lipinski definition) is 1. The Hall–Kier alpha value is -2.56. The van der Waals surface area contributed by atoms with Gasteiger partial charge in [0.25, 0.3) is 0 Å². The minimum atomic E-state index is -1.11. The molecule has 1 N–H and O–H groups in total. The molecule has 98 valence electrons. The number of aliphatic carboxylic acids is 1. The van der Waals surface area contributed by atoms with E-state index in [1.807, 2.05) is 25.1 Å². The molecule has 0 amide bonds. The van der Waals surface area contributed by atoms with Crippen molar-refractivity contribution in [3.63, 3.8) is 0 Å². The monoisotopic (exact) mass is 259 g/mol. The van der Waals surface area contributed by atoms with Gasteiger partial charge < -0.3 is 14.4 Å². The fourth-order valence-electron chi connectivity index (χ4n) is 1.69. The SMILES string of the molecule is CN(C)c1ccc2occ(C=CC(=O)O)c(=O)c2c1. The van der Waals surface area contributed by atoms with Crippen LogP contribution in [0.1, 0.15) is 5.56 Å². The number of rotatable bonds is 3. The number of nitrogens with zero attached hydrogens (tertiary/aromatic N) is 1. The molecule has 0 saturated heterocycles. The lowest BCUT2D eigenvalue weighted by Gasteiger charge is -2.12. The zero-order chi connectivity index (χ0) is 14.0. The van der Waals surface area contributed by atoms with Crippen LogP contribution in [-0.4, -0.2) is 25.2 Å². The molecule has 5 heteroatoms. The summed E-state index contributed by atoms with van der Waals surface area (Å²) in [6.07, 6.45) is 3.41. The van der Waals surface area contributed by atoms with Crippen LogP contribution in [0.2, 0.25) is 0 Å². The molecule has 0 bridgehead atoms. The van der Waals surface area contributed by atoms with Gasteiger partial charge in [-0.1, -0.05) is 0 Å². The van der Waals surface area contributed by atoms with E-state index in [0.717, 1.165) is 11.8 Å². The zero-order valence-electron chi connectivity index (χ0n) is 10.6.